The van der Waals surface area contributed by atoms with Gasteiger partial charge in [-0.1, -0.05) is 28.1 Å². The zero-order valence-electron chi connectivity index (χ0n) is 20.6. The van der Waals surface area contributed by atoms with Crippen LogP contribution in [0.25, 0.3) is 28.1 Å². The molecule has 3 aliphatic rings. The van der Waals surface area contributed by atoms with Crippen LogP contribution in [-0.2, 0) is 4.74 Å². The molecule has 6 rings (SSSR count). The second kappa shape index (κ2) is 10.4. The van der Waals surface area contributed by atoms with E-state index >= 15 is 0 Å². The Labute approximate surface area is 224 Å². The number of rotatable bonds is 5. The van der Waals surface area contributed by atoms with Crippen LogP contribution in [0.2, 0.25) is 0 Å². The molecule has 1 aromatic heterocycles. The van der Waals surface area contributed by atoms with Gasteiger partial charge in [0, 0.05) is 23.5 Å². The number of halogens is 1. The van der Waals surface area contributed by atoms with Crippen molar-refractivity contribution in [1.29, 1.82) is 0 Å². The Hall–Kier alpha value is -3.55. The Balaban J connectivity index is 1.57. The van der Waals surface area contributed by atoms with E-state index in [9.17, 15) is 0 Å². The van der Waals surface area contributed by atoms with Gasteiger partial charge >= 0.3 is 0 Å². The topological polar surface area (TPSA) is 64.3 Å². The highest BCUT2D eigenvalue weighted by Crippen LogP contribution is 2.31. The molecule has 37 heavy (non-hydrogen) atoms. The van der Waals surface area contributed by atoms with Crippen LogP contribution in [0, 0.1) is 0 Å². The Kier molecular flexibility index (Phi) is 6.72. The number of ether oxygens (including phenoxy) is 1. The normalized spacial score (nSPS) is 18.4. The molecule has 1 fully saturated rings. The molecule has 0 bridgehead atoms. The molecule has 7 heteroatoms. The van der Waals surface area contributed by atoms with Gasteiger partial charge in [0.1, 0.15) is 0 Å². The maximum absolute atomic E-state index is 5.59. The smallest absolute Gasteiger partial charge is 0.0900 e. The van der Waals surface area contributed by atoms with Crippen molar-refractivity contribution in [2.75, 3.05) is 12.4 Å². The molecule has 6 nitrogen and oxygen atoms in total. The van der Waals surface area contributed by atoms with Crippen molar-refractivity contribution >= 4 is 38.3 Å². The highest BCUT2D eigenvalue weighted by atomic mass is 79.9. The minimum absolute atomic E-state index is 0.257. The fourth-order valence-electron chi connectivity index (χ4n) is 5.12. The number of anilines is 2. The first-order valence-corrected chi connectivity index (χ1v) is 13.4. The number of para-hydroxylation sites is 2. The molecule has 0 atom stereocenters. The molecule has 0 unspecified atom stereocenters. The van der Waals surface area contributed by atoms with Crippen molar-refractivity contribution in [2.45, 2.75) is 37.8 Å². The summed E-state index contributed by atoms with van der Waals surface area (Å²) in [6.07, 6.45) is 8.06. The first-order valence-electron chi connectivity index (χ1n) is 12.6. The summed E-state index contributed by atoms with van der Waals surface area (Å²) in [5, 5.41) is 4.48. The fraction of sp³-hybridized carbons (Fsp3) is 0.233. The first kappa shape index (κ1) is 23.8. The van der Waals surface area contributed by atoms with Gasteiger partial charge in [-0.25, -0.2) is 4.98 Å². The Morgan fingerprint density at radius 1 is 0.973 bits per heavy atom. The third-order valence-corrected chi connectivity index (χ3v) is 7.55. The number of benzene rings is 3. The second-order valence-electron chi connectivity index (χ2n) is 9.43. The summed E-state index contributed by atoms with van der Waals surface area (Å²) in [5.74, 6) is 0. The summed E-state index contributed by atoms with van der Waals surface area (Å²) >= 11 is 3.58. The molecule has 0 saturated heterocycles. The second-order valence-corrected chi connectivity index (χ2v) is 10.3. The molecule has 2 heterocycles. The maximum Gasteiger partial charge on any atom is 0.0900 e. The lowest BCUT2D eigenvalue weighted by Crippen LogP contribution is -2.25. The standard InChI is InChI=1S/C30H28BrN5O/c1-37-24-14-10-21(11-15-24)33-27-18-30-28(17-26(27)34-22-5-4-16-32-19-22)35-25-6-2-3-7-29(25)36(30)23-12-8-20(31)9-13-23/h2-9,12-13,16-19,21,24,34H,10-11,14-15H2,1H3. The largest absolute Gasteiger partial charge is 0.381 e. The van der Waals surface area contributed by atoms with Crippen molar-refractivity contribution in [3.05, 3.63) is 95.0 Å². The van der Waals surface area contributed by atoms with Gasteiger partial charge in [-0.2, -0.15) is 0 Å². The monoisotopic (exact) mass is 553 g/mol. The molecule has 0 amide bonds. The lowest BCUT2D eigenvalue weighted by molar-refractivity contribution is 0.0663. The predicted molar refractivity (Wildman–Crippen MR) is 152 cm³/mol. The van der Waals surface area contributed by atoms with Crippen LogP contribution in [0.4, 0.5) is 11.4 Å². The molecule has 186 valence electrons. The number of nitrogens with one attached hydrogen (secondary N) is 1. The number of hydrogen-bond donors (Lipinski definition) is 1. The van der Waals surface area contributed by atoms with Crippen molar-refractivity contribution in [3.63, 3.8) is 0 Å². The molecular weight excluding hydrogens is 526 g/mol. The van der Waals surface area contributed by atoms with Gasteiger partial charge in [-0.3, -0.25) is 9.98 Å². The fourth-order valence-corrected chi connectivity index (χ4v) is 5.38. The minimum Gasteiger partial charge on any atom is -0.381 e. The third kappa shape index (κ3) is 5.02. The molecule has 1 aliphatic heterocycles. The Morgan fingerprint density at radius 2 is 1.78 bits per heavy atom. The Bertz CT molecular complexity index is 1560. The zero-order chi connectivity index (χ0) is 25.2. The average Bonchev–Trinajstić information content (AvgIpc) is 2.94. The van der Waals surface area contributed by atoms with E-state index in [1.807, 2.05) is 24.4 Å². The van der Waals surface area contributed by atoms with E-state index in [1.54, 1.807) is 13.3 Å². The van der Waals surface area contributed by atoms with E-state index in [2.05, 4.69) is 85.4 Å². The summed E-state index contributed by atoms with van der Waals surface area (Å²) in [6, 6.07) is 25.2. The van der Waals surface area contributed by atoms with Crippen LogP contribution in [0.3, 0.4) is 0 Å². The average molecular weight is 554 g/mol. The summed E-state index contributed by atoms with van der Waals surface area (Å²) < 4.78 is 8.91. The quantitative estimate of drug-likeness (QED) is 0.241. The lowest BCUT2D eigenvalue weighted by Gasteiger charge is -2.25. The van der Waals surface area contributed by atoms with Crippen LogP contribution in [0.5, 0.6) is 0 Å². The van der Waals surface area contributed by atoms with Crippen molar-refractivity contribution in [2.24, 2.45) is 4.99 Å². The van der Waals surface area contributed by atoms with Gasteiger partial charge in [0.2, 0.25) is 0 Å². The van der Waals surface area contributed by atoms with Gasteiger partial charge in [0.05, 0.1) is 57.5 Å². The van der Waals surface area contributed by atoms with Crippen molar-refractivity contribution < 1.29 is 4.74 Å². The van der Waals surface area contributed by atoms with Gasteiger partial charge < -0.3 is 14.6 Å². The molecule has 2 aromatic carbocycles. The molecule has 0 radical (unpaired) electrons. The minimum atomic E-state index is 0.257. The van der Waals surface area contributed by atoms with Crippen LogP contribution < -0.4 is 10.7 Å². The van der Waals surface area contributed by atoms with Gasteiger partial charge in [0.15, 0.2) is 0 Å². The number of hydrogen-bond acceptors (Lipinski definition) is 5. The molecule has 1 saturated carbocycles. The van der Waals surface area contributed by atoms with Crippen molar-refractivity contribution in [1.82, 2.24) is 14.5 Å². The lowest BCUT2D eigenvalue weighted by atomic mass is 9.93. The van der Waals surface area contributed by atoms with E-state index in [0.717, 1.165) is 75.0 Å². The van der Waals surface area contributed by atoms with E-state index in [-0.39, 0.29) is 6.04 Å². The number of nitrogens with zero attached hydrogens (tertiary/aromatic N) is 4. The van der Waals surface area contributed by atoms with Crippen LogP contribution >= 0.6 is 15.9 Å². The SMILES string of the molecule is COC1CCC(N=c2cc3n(-c4ccc(Br)cc4)c4ccccc4nc-3cc2Nc2cccnc2)CC1. The van der Waals surface area contributed by atoms with Crippen molar-refractivity contribution in [3.8, 4) is 17.1 Å². The van der Waals surface area contributed by atoms with Gasteiger partial charge in [-0.05, 0) is 86.3 Å². The highest BCUT2D eigenvalue weighted by Gasteiger charge is 2.21. The molecule has 1 N–H and O–H groups in total. The summed E-state index contributed by atoms with van der Waals surface area (Å²) in [5.41, 5.74) is 6.83. The van der Waals surface area contributed by atoms with Crippen LogP contribution in [0.1, 0.15) is 25.7 Å². The van der Waals surface area contributed by atoms with E-state index < -0.39 is 0 Å². The molecular formula is C30H28BrN5O. The number of pyridine rings is 1. The highest BCUT2D eigenvalue weighted by molar-refractivity contribution is 9.10. The summed E-state index contributed by atoms with van der Waals surface area (Å²) in [7, 11) is 1.81. The maximum atomic E-state index is 5.59. The zero-order valence-corrected chi connectivity index (χ0v) is 22.2. The first-order chi connectivity index (χ1) is 18.2. The predicted octanol–water partition coefficient (Wildman–Crippen LogP) is 6.89. The van der Waals surface area contributed by atoms with E-state index in [4.69, 9.17) is 14.7 Å². The van der Waals surface area contributed by atoms with E-state index in [1.165, 1.54) is 0 Å². The molecule has 0 spiro atoms. The number of fused-ring (bicyclic) bond motifs is 2. The van der Waals surface area contributed by atoms with Crippen LogP contribution in [0.15, 0.2) is 94.7 Å². The molecule has 2 aliphatic carbocycles. The summed E-state index contributed by atoms with van der Waals surface area (Å²) in [6.45, 7) is 0. The molecule has 3 aromatic rings. The number of aromatic nitrogens is 3. The van der Waals surface area contributed by atoms with E-state index in [0.29, 0.717) is 6.10 Å². The summed E-state index contributed by atoms with van der Waals surface area (Å²) in [4.78, 5) is 14.6. The van der Waals surface area contributed by atoms with Gasteiger partial charge in [0.25, 0.3) is 0 Å². The van der Waals surface area contributed by atoms with Crippen LogP contribution in [-0.4, -0.2) is 33.8 Å². The number of methoxy groups -OCH3 is 1. The Morgan fingerprint density at radius 3 is 2.54 bits per heavy atom. The van der Waals surface area contributed by atoms with Gasteiger partial charge in [-0.15, -0.1) is 0 Å². The third-order valence-electron chi connectivity index (χ3n) is 7.02.